The molecule has 0 aromatic carbocycles. The van der Waals surface area contributed by atoms with Crippen LogP contribution in [-0.2, 0) is 0 Å². The molecule has 0 bridgehead atoms. The zero-order chi connectivity index (χ0) is 11.4. The number of nitrogens with one attached hydrogen (secondary N) is 2. The van der Waals surface area contributed by atoms with E-state index >= 15 is 0 Å². The molecular formula is C11H16N4O. The highest BCUT2D eigenvalue weighted by Crippen LogP contribution is 2.11. The highest BCUT2D eigenvalue weighted by molar-refractivity contribution is 5.92. The van der Waals surface area contributed by atoms with Crippen LogP contribution in [0, 0.1) is 0 Å². The standard InChI is InChI=1S/C11H16N4O/c12-11(16)8-1-2-10(14-7-8)15-9-3-5-13-6-4-9/h1-2,7,9,13H,3-6H2,(H2,12,16)(H,14,15). The second-order valence-electron chi connectivity index (χ2n) is 3.96. The Balaban J connectivity index is 1.96. The Labute approximate surface area is 94.4 Å². The fourth-order valence-electron chi connectivity index (χ4n) is 1.80. The minimum absolute atomic E-state index is 0.441. The molecule has 1 amide bonds. The summed E-state index contributed by atoms with van der Waals surface area (Å²) >= 11 is 0. The first-order valence-corrected chi connectivity index (χ1v) is 5.49. The summed E-state index contributed by atoms with van der Waals surface area (Å²) in [6, 6.07) is 3.95. The van der Waals surface area contributed by atoms with E-state index in [1.54, 1.807) is 12.1 Å². The quantitative estimate of drug-likeness (QED) is 0.686. The fourth-order valence-corrected chi connectivity index (χ4v) is 1.80. The minimum atomic E-state index is -0.444. The molecule has 1 saturated heterocycles. The number of piperidine rings is 1. The highest BCUT2D eigenvalue weighted by Gasteiger charge is 2.12. The first-order valence-electron chi connectivity index (χ1n) is 5.49. The molecule has 0 unspecified atom stereocenters. The van der Waals surface area contributed by atoms with Gasteiger partial charge in [0.2, 0.25) is 5.91 Å². The van der Waals surface area contributed by atoms with Crippen molar-refractivity contribution in [3.63, 3.8) is 0 Å². The van der Waals surface area contributed by atoms with Crippen molar-refractivity contribution in [1.82, 2.24) is 10.3 Å². The summed E-state index contributed by atoms with van der Waals surface area (Å²) in [5, 5.41) is 6.65. The molecule has 0 spiro atoms. The molecule has 0 saturated carbocycles. The fraction of sp³-hybridized carbons (Fsp3) is 0.455. The van der Waals surface area contributed by atoms with Gasteiger partial charge in [0, 0.05) is 12.2 Å². The van der Waals surface area contributed by atoms with Crippen LogP contribution in [0.15, 0.2) is 18.3 Å². The monoisotopic (exact) mass is 220 g/mol. The molecule has 5 nitrogen and oxygen atoms in total. The van der Waals surface area contributed by atoms with E-state index in [2.05, 4.69) is 15.6 Å². The summed E-state index contributed by atoms with van der Waals surface area (Å²) in [5.74, 6) is 0.359. The van der Waals surface area contributed by atoms with Crippen molar-refractivity contribution in [2.24, 2.45) is 5.73 Å². The molecule has 1 aliphatic rings. The highest BCUT2D eigenvalue weighted by atomic mass is 16.1. The van der Waals surface area contributed by atoms with Crippen LogP contribution in [0.3, 0.4) is 0 Å². The largest absolute Gasteiger partial charge is 0.367 e. The van der Waals surface area contributed by atoms with Crippen LogP contribution >= 0.6 is 0 Å². The van der Waals surface area contributed by atoms with Gasteiger partial charge in [0.25, 0.3) is 0 Å². The van der Waals surface area contributed by atoms with Gasteiger partial charge in [-0.25, -0.2) is 4.98 Å². The summed E-state index contributed by atoms with van der Waals surface area (Å²) in [6.45, 7) is 2.08. The second kappa shape index (κ2) is 4.94. The number of carbonyl (C=O) groups is 1. The predicted octanol–water partition coefficient (Wildman–Crippen LogP) is 0.344. The van der Waals surface area contributed by atoms with Gasteiger partial charge < -0.3 is 16.4 Å². The Morgan fingerprint density at radius 1 is 1.44 bits per heavy atom. The first kappa shape index (κ1) is 10.9. The average Bonchev–Trinajstić information content (AvgIpc) is 2.31. The third-order valence-corrected chi connectivity index (χ3v) is 2.74. The Bertz CT molecular complexity index is 357. The number of anilines is 1. The third kappa shape index (κ3) is 2.70. The van der Waals surface area contributed by atoms with Crippen LogP contribution in [0.25, 0.3) is 0 Å². The molecule has 1 aromatic rings. The minimum Gasteiger partial charge on any atom is -0.367 e. The Morgan fingerprint density at radius 2 is 2.19 bits per heavy atom. The zero-order valence-electron chi connectivity index (χ0n) is 9.07. The van der Waals surface area contributed by atoms with Gasteiger partial charge in [0.15, 0.2) is 0 Å². The number of primary amides is 1. The molecule has 16 heavy (non-hydrogen) atoms. The lowest BCUT2D eigenvalue weighted by molar-refractivity contribution is 0.1000. The van der Waals surface area contributed by atoms with Crippen molar-refractivity contribution < 1.29 is 4.79 Å². The lowest BCUT2D eigenvalue weighted by Gasteiger charge is -2.24. The van der Waals surface area contributed by atoms with Gasteiger partial charge in [-0.1, -0.05) is 0 Å². The Kier molecular flexibility index (Phi) is 3.36. The molecule has 2 rings (SSSR count). The van der Waals surface area contributed by atoms with Crippen LogP contribution < -0.4 is 16.4 Å². The van der Waals surface area contributed by atoms with E-state index in [-0.39, 0.29) is 0 Å². The van der Waals surface area contributed by atoms with E-state index in [9.17, 15) is 4.79 Å². The molecule has 2 heterocycles. The maximum absolute atomic E-state index is 10.9. The van der Waals surface area contributed by atoms with Gasteiger partial charge in [-0.2, -0.15) is 0 Å². The molecule has 1 fully saturated rings. The van der Waals surface area contributed by atoms with E-state index in [1.807, 2.05) is 0 Å². The van der Waals surface area contributed by atoms with Crippen LogP contribution in [0.4, 0.5) is 5.82 Å². The smallest absolute Gasteiger partial charge is 0.250 e. The van der Waals surface area contributed by atoms with Gasteiger partial charge in [0.05, 0.1) is 5.56 Å². The first-order chi connectivity index (χ1) is 7.75. The summed E-state index contributed by atoms with van der Waals surface area (Å²) < 4.78 is 0. The Morgan fingerprint density at radius 3 is 2.75 bits per heavy atom. The van der Waals surface area contributed by atoms with Crippen molar-refractivity contribution in [2.45, 2.75) is 18.9 Å². The predicted molar refractivity (Wildman–Crippen MR) is 62.3 cm³/mol. The lowest BCUT2D eigenvalue weighted by Crippen LogP contribution is -2.35. The molecule has 0 radical (unpaired) electrons. The van der Waals surface area contributed by atoms with Crippen molar-refractivity contribution in [3.8, 4) is 0 Å². The third-order valence-electron chi connectivity index (χ3n) is 2.74. The maximum atomic E-state index is 10.9. The topological polar surface area (TPSA) is 80.0 Å². The molecule has 5 heteroatoms. The number of nitrogens with two attached hydrogens (primary N) is 1. The average molecular weight is 220 g/mol. The number of aromatic nitrogens is 1. The van der Waals surface area contributed by atoms with Gasteiger partial charge >= 0.3 is 0 Å². The van der Waals surface area contributed by atoms with Gasteiger partial charge in [-0.15, -0.1) is 0 Å². The molecule has 0 aliphatic carbocycles. The summed E-state index contributed by atoms with van der Waals surface area (Å²) in [6.07, 6.45) is 3.70. The van der Waals surface area contributed by atoms with Crippen LogP contribution in [0.2, 0.25) is 0 Å². The van der Waals surface area contributed by atoms with Crippen LogP contribution in [0.5, 0.6) is 0 Å². The van der Waals surface area contributed by atoms with Gasteiger partial charge in [-0.05, 0) is 38.1 Å². The maximum Gasteiger partial charge on any atom is 0.250 e. The Hall–Kier alpha value is -1.62. The van der Waals surface area contributed by atoms with Gasteiger partial charge in [0.1, 0.15) is 5.82 Å². The van der Waals surface area contributed by atoms with E-state index < -0.39 is 5.91 Å². The number of nitrogens with zero attached hydrogens (tertiary/aromatic N) is 1. The van der Waals surface area contributed by atoms with Crippen molar-refractivity contribution in [2.75, 3.05) is 18.4 Å². The summed E-state index contributed by atoms with van der Waals surface area (Å²) in [5.41, 5.74) is 5.58. The molecule has 0 atom stereocenters. The van der Waals surface area contributed by atoms with Crippen molar-refractivity contribution >= 4 is 11.7 Å². The number of rotatable bonds is 3. The molecular weight excluding hydrogens is 204 g/mol. The van der Waals surface area contributed by atoms with E-state index in [1.165, 1.54) is 6.20 Å². The number of carbonyl (C=O) groups excluding carboxylic acids is 1. The molecule has 4 N–H and O–H groups in total. The van der Waals surface area contributed by atoms with E-state index in [0.29, 0.717) is 11.6 Å². The number of hydrogen-bond acceptors (Lipinski definition) is 4. The number of pyridine rings is 1. The van der Waals surface area contributed by atoms with Crippen LogP contribution in [-0.4, -0.2) is 30.0 Å². The molecule has 86 valence electrons. The molecule has 1 aromatic heterocycles. The summed E-state index contributed by atoms with van der Waals surface area (Å²) in [4.78, 5) is 15.0. The van der Waals surface area contributed by atoms with Crippen molar-refractivity contribution in [3.05, 3.63) is 23.9 Å². The van der Waals surface area contributed by atoms with Crippen LogP contribution in [0.1, 0.15) is 23.2 Å². The number of amides is 1. The van der Waals surface area contributed by atoms with Gasteiger partial charge in [-0.3, -0.25) is 4.79 Å². The SMILES string of the molecule is NC(=O)c1ccc(NC2CCNCC2)nc1. The summed E-state index contributed by atoms with van der Waals surface area (Å²) in [7, 11) is 0. The molecule has 1 aliphatic heterocycles. The van der Waals surface area contributed by atoms with Crippen molar-refractivity contribution in [1.29, 1.82) is 0 Å². The zero-order valence-corrected chi connectivity index (χ0v) is 9.07. The van der Waals surface area contributed by atoms with E-state index in [0.717, 1.165) is 31.7 Å². The normalized spacial score (nSPS) is 17.0. The number of hydrogen-bond donors (Lipinski definition) is 3. The van der Waals surface area contributed by atoms with E-state index in [4.69, 9.17) is 5.73 Å². The lowest BCUT2D eigenvalue weighted by atomic mass is 10.1. The second-order valence-corrected chi connectivity index (χ2v) is 3.96.